The van der Waals surface area contributed by atoms with Gasteiger partial charge in [-0.1, -0.05) is 6.07 Å². The van der Waals surface area contributed by atoms with Crippen LogP contribution in [-0.2, 0) is 6.42 Å². The van der Waals surface area contributed by atoms with Crippen LogP contribution in [0.5, 0.6) is 0 Å². The van der Waals surface area contributed by atoms with E-state index in [1.165, 1.54) is 12.1 Å². The lowest BCUT2D eigenvalue weighted by molar-refractivity contribution is 0.629. The summed E-state index contributed by atoms with van der Waals surface area (Å²) in [6.45, 7) is 0. The van der Waals surface area contributed by atoms with Crippen molar-refractivity contribution in [2.45, 2.75) is 6.42 Å². The van der Waals surface area contributed by atoms with Gasteiger partial charge in [0.2, 0.25) is 0 Å². The monoisotopic (exact) mass is 299 g/mol. The fourth-order valence-electron chi connectivity index (χ4n) is 2.36. The van der Waals surface area contributed by atoms with E-state index in [1.807, 2.05) is 16.7 Å². The SMILES string of the molecule is N#Cc1cccc(-n2c(CCCl)nc3cc(F)ccc32)c1. The maximum absolute atomic E-state index is 13.4. The van der Waals surface area contributed by atoms with Crippen molar-refractivity contribution in [2.75, 3.05) is 5.88 Å². The first-order valence-corrected chi connectivity index (χ1v) is 7.00. The molecule has 1 aromatic heterocycles. The standard InChI is InChI=1S/C16H11ClFN3/c17-7-6-16-20-14-9-12(18)4-5-15(14)21(16)13-3-1-2-11(8-13)10-19/h1-5,8-9H,6-7H2. The van der Waals surface area contributed by atoms with E-state index in [0.29, 0.717) is 23.4 Å². The Hall–Kier alpha value is -2.38. The largest absolute Gasteiger partial charge is 0.296 e. The molecule has 0 aliphatic heterocycles. The highest BCUT2D eigenvalue weighted by Gasteiger charge is 2.13. The van der Waals surface area contributed by atoms with Gasteiger partial charge in [-0.2, -0.15) is 5.26 Å². The van der Waals surface area contributed by atoms with Gasteiger partial charge in [0, 0.05) is 24.1 Å². The van der Waals surface area contributed by atoms with Crippen LogP contribution in [-0.4, -0.2) is 15.4 Å². The second-order valence-corrected chi connectivity index (χ2v) is 4.98. The quantitative estimate of drug-likeness (QED) is 0.690. The molecule has 0 unspecified atom stereocenters. The molecule has 0 fully saturated rings. The summed E-state index contributed by atoms with van der Waals surface area (Å²) in [5.41, 5.74) is 2.76. The van der Waals surface area contributed by atoms with E-state index in [9.17, 15) is 4.39 Å². The second kappa shape index (κ2) is 5.55. The zero-order valence-corrected chi connectivity index (χ0v) is 11.8. The van der Waals surface area contributed by atoms with Crippen molar-refractivity contribution in [3.8, 4) is 11.8 Å². The molecule has 0 amide bonds. The summed E-state index contributed by atoms with van der Waals surface area (Å²) in [7, 11) is 0. The number of halogens is 2. The number of rotatable bonds is 3. The van der Waals surface area contributed by atoms with Crippen LogP contribution in [0, 0.1) is 17.1 Å². The van der Waals surface area contributed by atoms with Crippen LogP contribution in [0.3, 0.4) is 0 Å². The molecule has 0 aliphatic carbocycles. The van der Waals surface area contributed by atoms with Crippen LogP contribution in [0.25, 0.3) is 16.7 Å². The molecule has 104 valence electrons. The van der Waals surface area contributed by atoms with Crippen molar-refractivity contribution >= 4 is 22.6 Å². The van der Waals surface area contributed by atoms with Gasteiger partial charge in [-0.3, -0.25) is 4.57 Å². The predicted molar refractivity (Wildman–Crippen MR) is 80.2 cm³/mol. The molecule has 0 saturated carbocycles. The van der Waals surface area contributed by atoms with Gasteiger partial charge >= 0.3 is 0 Å². The topological polar surface area (TPSA) is 41.6 Å². The average Bonchev–Trinajstić information content (AvgIpc) is 2.84. The van der Waals surface area contributed by atoms with Crippen molar-refractivity contribution in [1.29, 1.82) is 5.26 Å². The van der Waals surface area contributed by atoms with Gasteiger partial charge in [0.05, 0.1) is 22.7 Å². The number of imidazole rings is 1. The minimum atomic E-state index is -0.324. The molecule has 3 nitrogen and oxygen atoms in total. The van der Waals surface area contributed by atoms with Crippen LogP contribution >= 0.6 is 11.6 Å². The molecule has 0 saturated heterocycles. The lowest BCUT2D eigenvalue weighted by atomic mass is 10.2. The Morgan fingerprint density at radius 2 is 2.10 bits per heavy atom. The first-order valence-electron chi connectivity index (χ1n) is 6.46. The van der Waals surface area contributed by atoms with E-state index < -0.39 is 0 Å². The van der Waals surface area contributed by atoms with E-state index in [2.05, 4.69) is 11.1 Å². The van der Waals surface area contributed by atoms with E-state index >= 15 is 0 Å². The Morgan fingerprint density at radius 1 is 1.24 bits per heavy atom. The molecule has 2 aromatic carbocycles. The molecule has 0 radical (unpaired) electrons. The summed E-state index contributed by atoms with van der Waals surface area (Å²) >= 11 is 5.83. The van der Waals surface area contributed by atoms with Crippen LogP contribution in [0.1, 0.15) is 11.4 Å². The predicted octanol–water partition coefficient (Wildman–Crippen LogP) is 3.82. The Morgan fingerprint density at radius 3 is 2.86 bits per heavy atom. The summed E-state index contributed by atoms with van der Waals surface area (Å²) in [5.74, 6) is 0.847. The number of alkyl halides is 1. The van der Waals surface area contributed by atoms with Crippen LogP contribution in [0.15, 0.2) is 42.5 Å². The average molecular weight is 300 g/mol. The first kappa shape index (κ1) is 13.6. The summed E-state index contributed by atoms with van der Waals surface area (Å²) in [6.07, 6.45) is 0.564. The minimum Gasteiger partial charge on any atom is -0.296 e. The Bertz CT molecular complexity index is 848. The van der Waals surface area contributed by atoms with Crippen molar-refractivity contribution < 1.29 is 4.39 Å². The minimum absolute atomic E-state index is 0.324. The van der Waals surface area contributed by atoms with E-state index in [-0.39, 0.29) is 5.82 Å². The molecular formula is C16H11ClFN3. The van der Waals surface area contributed by atoms with Crippen LogP contribution in [0.4, 0.5) is 4.39 Å². The highest BCUT2D eigenvalue weighted by Crippen LogP contribution is 2.23. The molecule has 0 bridgehead atoms. The normalized spacial score (nSPS) is 10.7. The summed E-state index contributed by atoms with van der Waals surface area (Å²) < 4.78 is 15.3. The smallest absolute Gasteiger partial charge is 0.125 e. The van der Waals surface area contributed by atoms with Gasteiger partial charge in [-0.15, -0.1) is 11.6 Å². The van der Waals surface area contributed by atoms with E-state index in [4.69, 9.17) is 16.9 Å². The van der Waals surface area contributed by atoms with E-state index in [1.54, 1.807) is 18.2 Å². The lowest BCUT2D eigenvalue weighted by Crippen LogP contribution is -2.02. The van der Waals surface area contributed by atoms with E-state index in [0.717, 1.165) is 17.0 Å². The number of fused-ring (bicyclic) bond motifs is 1. The maximum atomic E-state index is 13.4. The number of nitriles is 1. The van der Waals surface area contributed by atoms with Crippen molar-refractivity contribution in [3.05, 3.63) is 59.7 Å². The highest BCUT2D eigenvalue weighted by atomic mass is 35.5. The number of aryl methyl sites for hydroxylation is 1. The third kappa shape index (κ3) is 2.48. The van der Waals surface area contributed by atoms with Gasteiger partial charge < -0.3 is 0 Å². The van der Waals surface area contributed by atoms with Gasteiger partial charge in [0.25, 0.3) is 0 Å². The zero-order chi connectivity index (χ0) is 14.8. The number of nitrogens with zero attached hydrogens (tertiary/aromatic N) is 3. The number of hydrogen-bond acceptors (Lipinski definition) is 2. The van der Waals surface area contributed by atoms with Crippen molar-refractivity contribution in [3.63, 3.8) is 0 Å². The van der Waals surface area contributed by atoms with Crippen LogP contribution < -0.4 is 0 Å². The molecule has 1 heterocycles. The highest BCUT2D eigenvalue weighted by molar-refractivity contribution is 6.17. The maximum Gasteiger partial charge on any atom is 0.125 e. The van der Waals surface area contributed by atoms with Gasteiger partial charge in [-0.05, 0) is 30.3 Å². The third-order valence-electron chi connectivity index (χ3n) is 3.24. The van der Waals surface area contributed by atoms with Gasteiger partial charge in [0.15, 0.2) is 0 Å². The molecule has 21 heavy (non-hydrogen) atoms. The fourth-order valence-corrected chi connectivity index (χ4v) is 2.53. The van der Waals surface area contributed by atoms with Crippen LogP contribution in [0.2, 0.25) is 0 Å². The summed E-state index contributed by atoms with van der Waals surface area (Å²) in [5, 5.41) is 9.04. The summed E-state index contributed by atoms with van der Waals surface area (Å²) in [4.78, 5) is 4.45. The van der Waals surface area contributed by atoms with Gasteiger partial charge in [-0.25, -0.2) is 9.37 Å². The van der Waals surface area contributed by atoms with Crippen molar-refractivity contribution in [1.82, 2.24) is 9.55 Å². The Kier molecular flexibility index (Phi) is 3.59. The number of benzene rings is 2. The molecule has 0 N–H and O–H groups in total. The molecule has 3 rings (SSSR count). The molecule has 0 atom stereocenters. The molecule has 0 aliphatic rings. The Labute approximate surface area is 126 Å². The lowest BCUT2D eigenvalue weighted by Gasteiger charge is -2.08. The number of aromatic nitrogens is 2. The van der Waals surface area contributed by atoms with Gasteiger partial charge in [0.1, 0.15) is 11.6 Å². The molecule has 5 heteroatoms. The second-order valence-electron chi connectivity index (χ2n) is 4.60. The first-order chi connectivity index (χ1) is 10.2. The third-order valence-corrected chi connectivity index (χ3v) is 3.43. The van der Waals surface area contributed by atoms with Crippen molar-refractivity contribution in [2.24, 2.45) is 0 Å². The molecule has 0 spiro atoms. The summed E-state index contributed by atoms with van der Waals surface area (Å²) in [6, 6.07) is 13.8. The fraction of sp³-hybridized carbons (Fsp3) is 0.125. The number of hydrogen-bond donors (Lipinski definition) is 0. The Balaban J connectivity index is 2.28. The zero-order valence-electron chi connectivity index (χ0n) is 11.1. The molecule has 3 aromatic rings. The molecular weight excluding hydrogens is 289 g/mol.